The van der Waals surface area contributed by atoms with E-state index in [4.69, 9.17) is 10.4 Å². The summed E-state index contributed by atoms with van der Waals surface area (Å²) < 4.78 is 1.55. The molecule has 0 saturated carbocycles. The molecule has 0 aliphatic carbocycles. The number of carbonyl (C=O) groups is 2. The summed E-state index contributed by atoms with van der Waals surface area (Å²) in [6.07, 6.45) is 2.86. The third-order valence-corrected chi connectivity index (χ3v) is 7.26. The van der Waals surface area contributed by atoms with Crippen LogP contribution in [0, 0.1) is 18.3 Å². The Labute approximate surface area is 215 Å². The molecular weight excluding hydrogens is 482 g/mol. The van der Waals surface area contributed by atoms with Crippen LogP contribution in [0.5, 0.6) is 0 Å². The second-order valence-electron chi connectivity index (χ2n) is 9.37. The summed E-state index contributed by atoms with van der Waals surface area (Å²) in [6.45, 7) is 2.13. The van der Waals surface area contributed by atoms with Crippen LogP contribution in [0.15, 0.2) is 61.2 Å². The predicted molar refractivity (Wildman–Crippen MR) is 136 cm³/mol. The SMILES string of the molecule is Cc1nn(-c2ncnc3nc[nH]c23)c2c1C1(CC(=O)N2)C(=O)N(Cc2ccc(C#N)cc2)c2ccccc21. The van der Waals surface area contributed by atoms with Crippen LogP contribution in [0.25, 0.3) is 17.0 Å². The van der Waals surface area contributed by atoms with Gasteiger partial charge in [0, 0.05) is 17.7 Å². The molecule has 0 saturated heterocycles. The fraction of sp³-hybridized carbons (Fsp3) is 0.148. The zero-order chi connectivity index (χ0) is 26.0. The highest BCUT2D eigenvalue weighted by Gasteiger charge is 2.58. The van der Waals surface area contributed by atoms with Gasteiger partial charge in [-0.2, -0.15) is 15.0 Å². The summed E-state index contributed by atoms with van der Waals surface area (Å²) >= 11 is 0. The van der Waals surface area contributed by atoms with Crippen molar-refractivity contribution in [3.05, 3.63) is 89.1 Å². The summed E-state index contributed by atoms with van der Waals surface area (Å²) in [7, 11) is 0. The van der Waals surface area contributed by atoms with Crippen molar-refractivity contribution < 1.29 is 9.59 Å². The third-order valence-electron chi connectivity index (χ3n) is 7.26. The third kappa shape index (κ3) is 2.88. The van der Waals surface area contributed by atoms with Crippen molar-refractivity contribution in [1.29, 1.82) is 5.26 Å². The molecule has 3 aromatic heterocycles. The van der Waals surface area contributed by atoms with Gasteiger partial charge >= 0.3 is 0 Å². The molecule has 5 aromatic rings. The lowest BCUT2D eigenvalue weighted by molar-refractivity contribution is -0.126. The number of hydrogen-bond acceptors (Lipinski definition) is 7. The van der Waals surface area contributed by atoms with E-state index in [1.807, 2.05) is 43.3 Å². The van der Waals surface area contributed by atoms with Crippen LogP contribution in [-0.4, -0.2) is 41.5 Å². The molecule has 2 aliphatic heterocycles. The Kier molecular flexibility index (Phi) is 4.50. The molecule has 2 N–H and O–H groups in total. The Morgan fingerprint density at radius 2 is 1.89 bits per heavy atom. The molecule has 11 nitrogen and oxygen atoms in total. The normalized spacial score (nSPS) is 17.9. The first-order chi connectivity index (χ1) is 18.5. The van der Waals surface area contributed by atoms with Crippen LogP contribution < -0.4 is 10.2 Å². The Morgan fingerprint density at radius 3 is 2.71 bits per heavy atom. The summed E-state index contributed by atoms with van der Waals surface area (Å²) in [5, 5.41) is 16.8. The van der Waals surface area contributed by atoms with E-state index in [1.54, 1.807) is 21.7 Å². The minimum Gasteiger partial charge on any atom is -0.340 e. The molecule has 0 radical (unpaired) electrons. The number of para-hydroxylation sites is 1. The number of hydrogen-bond donors (Lipinski definition) is 2. The van der Waals surface area contributed by atoms with Gasteiger partial charge in [-0.3, -0.25) is 9.59 Å². The van der Waals surface area contributed by atoms with Crippen LogP contribution in [0.1, 0.15) is 34.4 Å². The Balaban J connectivity index is 1.42. The van der Waals surface area contributed by atoms with Crippen molar-refractivity contribution in [3.8, 4) is 11.9 Å². The van der Waals surface area contributed by atoms with Crippen molar-refractivity contribution in [2.75, 3.05) is 10.2 Å². The highest BCUT2D eigenvalue weighted by atomic mass is 16.2. The van der Waals surface area contributed by atoms with Gasteiger partial charge in [0.25, 0.3) is 0 Å². The fourth-order valence-corrected chi connectivity index (χ4v) is 5.69. The molecule has 0 fully saturated rings. The number of nitrogens with one attached hydrogen (secondary N) is 2. The Bertz CT molecular complexity index is 1830. The molecule has 0 bridgehead atoms. The van der Waals surface area contributed by atoms with Gasteiger partial charge in [0.1, 0.15) is 23.1 Å². The minimum atomic E-state index is -1.25. The maximum absolute atomic E-state index is 14.5. The second-order valence-corrected chi connectivity index (χ2v) is 9.37. The van der Waals surface area contributed by atoms with Gasteiger partial charge in [0.15, 0.2) is 11.5 Å². The maximum atomic E-state index is 14.5. The number of aryl methyl sites for hydroxylation is 1. The molecule has 1 spiro atoms. The summed E-state index contributed by atoms with van der Waals surface area (Å²) in [4.78, 5) is 45.3. The number of fused-ring (bicyclic) bond motifs is 5. The molecule has 11 heteroatoms. The van der Waals surface area contributed by atoms with Crippen molar-refractivity contribution in [3.63, 3.8) is 0 Å². The average Bonchev–Trinajstić information content (AvgIpc) is 3.60. The molecule has 38 heavy (non-hydrogen) atoms. The molecule has 2 amide bonds. The van der Waals surface area contributed by atoms with Gasteiger partial charge in [0.2, 0.25) is 11.8 Å². The Hall–Kier alpha value is -5.37. The minimum absolute atomic E-state index is 0.0461. The summed E-state index contributed by atoms with van der Waals surface area (Å²) in [6, 6.07) is 16.8. The average molecular weight is 502 g/mol. The first-order valence-electron chi connectivity index (χ1n) is 12.0. The van der Waals surface area contributed by atoms with E-state index in [0.29, 0.717) is 46.2 Å². The molecule has 7 rings (SSSR count). The van der Waals surface area contributed by atoms with Gasteiger partial charge in [-0.15, -0.1) is 0 Å². The van der Waals surface area contributed by atoms with Crippen LogP contribution in [-0.2, 0) is 21.5 Å². The molecule has 5 heterocycles. The number of carbonyl (C=O) groups excluding carboxylic acids is 2. The maximum Gasteiger partial charge on any atom is 0.243 e. The van der Waals surface area contributed by atoms with Crippen LogP contribution in [0.3, 0.4) is 0 Å². The second kappa shape index (κ2) is 7.81. The first kappa shape index (κ1) is 21.9. The lowest BCUT2D eigenvalue weighted by Crippen LogP contribution is -2.46. The number of nitrogens with zero attached hydrogens (tertiary/aromatic N) is 7. The van der Waals surface area contributed by atoms with Gasteiger partial charge in [-0.1, -0.05) is 30.3 Å². The van der Waals surface area contributed by atoms with Crippen LogP contribution >= 0.6 is 0 Å². The monoisotopic (exact) mass is 501 g/mol. The molecule has 184 valence electrons. The largest absolute Gasteiger partial charge is 0.340 e. The molecular formula is C27H19N9O2. The highest BCUT2D eigenvalue weighted by Crippen LogP contribution is 2.53. The van der Waals surface area contributed by atoms with E-state index < -0.39 is 5.41 Å². The van der Waals surface area contributed by atoms with Crippen molar-refractivity contribution >= 4 is 34.5 Å². The predicted octanol–water partition coefficient (Wildman–Crippen LogP) is 2.89. The zero-order valence-electron chi connectivity index (χ0n) is 20.1. The van der Waals surface area contributed by atoms with E-state index in [9.17, 15) is 9.59 Å². The zero-order valence-corrected chi connectivity index (χ0v) is 20.1. The Morgan fingerprint density at radius 1 is 1.08 bits per heavy atom. The number of nitriles is 1. The van der Waals surface area contributed by atoms with Crippen LogP contribution in [0.4, 0.5) is 11.5 Å². The standard InChI is InChI=1S/C27H19N9O2/c1-15-21-24(36(34-15)25-22-23(30-13-29-22)31-14-32-25)33-20(37)10-27(21)18-4-2-3-5-19(18)35(26(27)38)12-17-8-6-16(11-28)7-9-17/h2-9,13-14H,10,12H2,1H3,(H,33,37)(H,29,30,31,32). The smallest absolute Gasteiger partial charge is 0.243 e. The number of imidazole rings is 1. The molecule has 2 aliphatic rings. The lowest BCUT2D eigenvalue weighted by atomic mass is 9.70. The van der Waals surface area contributed by atoms with Gasteiger partial charge in [-0.05, 0) is 36.2 Å². The van der Waals surface area contributed by atoms with E-state index in [2.05, 4.69) is 31.3 Å². The number of amides is 2. The number of aromatic amines is 1. The number of aromatic nitrogens is 6. The van der Waals surface area contributed by atoms with Crippen molar-refractivity contribution in [2.45, 2.75) is 25.3 Å². The van der Waals surface area contributed by atoms with Crippen LogP contribution in [0.2, 0.25) is 0 Å². The topological polar surface area (TPSA) is 145 Å². The number of benzene rings is 2. The number of H-pyrrole nitrogens is 1. The summed E-state index contributed by atoms with van der Waals surface area (Å²) in [5.41, 5.74) is 3.95. The van der Waals surface area contributed by atoms with E-state index in [0.717, 1.165) is 16.8 Å². The van der Waals surface area contributed by atoms with E-state index >= 15 is 0 Å². The number of rotatable bonds is 3. The van der Waals surface area contributed by atoms with Crippen molar-refractivity contribution in [2.24, 2.45) is 0 Å². The lowest BCUT2D eigenvalue weighted by Gasteiger charge is -2.33. The van der Waals surface area contributed by atoms with Gasteiger partial charge < -0.3 is 15.2 Å². The fourth-order valence-electron chi connectivity index (χ4n) is 5.69. The molecule has 2 aromatic carbocycles. The molecule has 1 atom stereocenters. The van der Waals surface area contributed by atoms with Gasteiger partial charge in [-0.25, -0.2) is 15.0 Å². The van der Waals surface area contributed by atoms with E-state index in [1.165, 1.54) is 12.7 Å². The summed E-state index contributed by atoms with van der Waals surface area (Å²) in [5.74, 6) is 0.326. The van der Waals surface area contributed by atoms with Gasteiger partial charge in [0.05, 0.1) is 30.2 Å². The number of anilines is 2. The van der Waals surface area contributed by atoms with Crippen molar-refractivity contribution in [1.82, 2.24) is 29.7 Å². The highest BCUT2D eigenvalue weighted by molar-refractivity contribution is 6.16. The molecule has 1 unspecified atom stereocenters. The quantitative estimate of drug-likeness (QED) is 0.387. The van der Waals surface area contributed by atoms with E-state index in [-0.39, 0.29) is 18.2 Å². The first-order valence-corrected chi connectivity index (χ1v) is 12.0.